The van der Waals surface area contributed by atoms with E-state index in [0.717, 1.165) is 25.1 Å². The number of anilines is 1. The predicted molar refractivity (Wildman–Crippen MR) is 72.0 cm³/mol. The summed E-state index contributed by atoms with van der Waals surface area (Å²) in [4.78, 5) is 18.5. The van der Waals surface area contributed by atoms with Crippen LogP contribution in [0.15, 0.2) is 18.3 Å². The predicted octanol–water partition coefficient (Wildman–Crippen LogP) is 2.00. The summed E-state index contributed by atoms with van der Waals surface area (Å²) in [5.74, 6) is 0.182. The van der Waals surface area contributed by atoms with Crippen LogP contribution in [0.25, 0.3) is 0 Å². The lowest BCUT2D eigenvalue weighted by molar-refractivity contribution is -0.132. The Morgan fingerprint density at radius 1 is 1.44 bits per heavy atom. The molecule has 0 radical (unpaired) electrons. The van der Waals surface area contributed by atoms with Gasteiger partial charge in [-0.25, -0.2) is 0 Å². The van der Waals surface area contributed by atoms with Crippen molar-refractivity contribution in [2.45, 2.75) is 45.1 Å². The van der Waals surface area contributed by atoms with E-state index < -0.39 is 0 Å². The van der Waals surface area contributed by atoms with Crippen molar-refractivity contribution >= 4 is 11.6 Å². The molecule has 2 N–H and O–H groups in total. The van der Waals surface area contributed by atoms with Gasteiger partial charge in [-0.05, 0) is 31.9 Å². The van der Waals surface area contributed by atoms with E-state index in [1.807, 2.05) is 17.9 Å². The van der Waals surface area contributed by atoms with E-state index in [-0.39, 0.29) is 5.91 Å². The van der Waals surface area contributed by atoms with E-state index in [2.05, 4.69) is 4.98 Å². The fourth-order valence-electron chi connectivity index (χ4n) is 2.65. The molecule has 2 rings (SSSR count). The number of rotatable bonds is 4. The Hall–Kier alpha value is -1.58. The van der Waals surface area contributed by atoms with Gasteiger partial charge in [-0.15, -0.1) is 0 Å². The molecule has 0 spiro atoms. The van der Waals surface area contributed by atoms with Gasteiger partial charge in [0, 0.05) is 18.3 Å². The Kier molecular flexibility index (Phi) is 4.18. The summed E-state index contributed by atoms with van der Waals surface area (Å²) in [6, 6.07) is 4.06. The highest BCUT2D eigenvalue weighted by molar-refractivity contribution is 5.78. The number of carbonyl (C=O) groups excluding carboxylic acids is 1. The van der Waals surface area contributed by atoms with Gasteiger partial charge >= 0.3 is 0 Å². The van der Waals surface area contributed by atoms with E-state index in [4.69, 9.17) is 5.73 Å². The van der Waals surface area contributed by atoms with Crippen LogP contribution in [0.3, 0.4) is 0 Å². The third-order valence-corrected chi connectivity index (χ3v) is 3.61. The Morgan fingerprint density at radius 2 is 2.17 bits per heavy atom. The van der Waals surface area contributed by atoms with Gasteiger partial charge in [-0.3, -0.25) is 9.78 Å². The lowest BCUT2D eigenvalue weighted by Gasteiger charge is -2.27. The molecular formula is C14H21N3O. The van der Waals surface area contributed by atoms with E-state index >= 15 is 0 Å². The second kappa shape index (κ2) is 5.85. The lowest BCUT2D eigenvalue weighted by atomic mass is 10.1. The summed E-state index contributed by atoms with van der Waals surface area (Å²) in [5.41, 5.74) is 7.02. The molecule has 4 nitrogen and oxygen atoms in total. The number of carbonyl (C=O) groups is 1. The molecule has 0 saturated heterocycles. The van der Waals surface area contributed by atoms with Crippen LogP contribution in [0.5, 0.6) is 0 Å². The largest absolute Gasteiger partial charge is 0.397 e. The van der Waals surface area contributed by atoms with Gasteiger partial charge in [0.15, 0.2) is 0 Å². The summed E-state index contributed by atoms with van der Waals surface area (Å²) >= 11 is 0. The molecule has 0 bridgehead atoms. The van der Waals surface area contributed by atoms with Crippen LogP contribution in [-0.2, 0) is 11.2 Å². The number of hydrogen-bond acceptors (Lipinski definition) is 3. The second-order valence-electron chi connectivity index (χ2n) is 4.88. The monoisotopic (exact) mass is 247 g/mol. The van der Waals surface area contributed by atoms with Crippen molar-refractivity contribution in [1.29, 1.82) is 0 Å². The first-order chi connectivity index (χ1) is 8.70. The van der Waals surface area contributed by atoms with Gasteiger partial charge in [-0.1, -0.05) is 12.8 Å². The Labute approximate surface area is 108 Å². The second-order valence-corrected chi connectivity index (χ2v) is 4.88. The van der Waals surface area contributed by atoms with Gasteiger partial charge in [0.05, 0.1) is 18.3 Å². The summed E-state index contributed by atoms with van der Waals surface area (Å²) in [6.07, 6.45) is 6.77. The van der Waals surface area contributed by atoms with Crippen molar-refractivity contribution < 1.29 is 4.79 Å². The van der Waals surface area contributed by atoms with Gasteiger partial charge in [0.25, 0.3) is 0 Å². The zero-order valence-corrected chi connectivity index (χ0v) is 10.9. The Bertz CT molecular complexity index is 396. The van der Waals surface area contributed by atoms with Gasteiger partial charge in [-0.2, -0.15) is 0 Å². The van der Waals surface area contributed by atoms with Crippen molar-refractivity contribution in [2.75, 3.05) is 12.3 Å². The van der Waals surface area contributed by atoms with Gasteiger partial charge in [0.1, 0.15) is 0 Å². The lowest BCUT2D eigenvalue weighted by Crippen LogP contribution is -2.39. The molecule has 0 atom stereocenters. The first-order valence-electron chi connectivity index (χ1n) is 6.70. The number of nitrogens with two attached hydrogens (primary N) is 1. The smallest absolute Gasteiger partial charge is 0.228 e. The molecule has 1 aliphatic rings. The van der Waals surface area contributed by atoms with Crippen LogP contribution in [0, 0.1) is 0 Å². The average molecular weight is 247 g/mol. The molecule has 0 unspecified atom stereocenters. The van der Waals surface area contributed by atoms with E-state index in [0.29, 0.717) is 18.2 Å². The first kappa shape index (κ1) is 12.9. The highest BCUT2D eigenvalue weighted by Crippen LogP contribution is 2.23. The molecule has 1 heterocycles. The van der Waals surface area contributed by atoms with E-state index in [1.165, 1.54) is 12.8 Å². The van der Waals surface area contributed by atoms with E-state index in [9.17, 15) is 4.79 Å². The van der Waals surface area contributed by atoms with Crippen molar-refractivity contribution in [2.24, 2.45) is 0 Å². The van der Waals surface area contributed by atoms with Crippen LogP contribution in [0.2, 0.25) is 0 Å². The van der Waals surface area contributed by atoms with Crippen LogP contribution in [0.4, 0.5) is 5.69 Å². The van der Waals surface area contributed by atoms with E-state index in [1.54, 1.807) is 12.3 Å². The fourth-order valence-corrected chi connectivity index (χ4v) is 2.65. The molecule has 1 fully saturated rings. The molecule has 0 aromatic carbocycles. The number of nitrogens with zero attached hydrogens (tertiary/aromatic N) is 2. The van der Waals surface area contributed by atoms with Crippen LogP contribution < -0.4 is 5.73 Å². The summed E-state index contributed by atoms with van der Waals surface area (Å²) in [6.45, 7) is 2.84. The van der Waals surface area contributed by atoms with Crippen LogP contribution in [0.1, 0.15) is 38.3 Å². The van der Waals surface area contributed by atoms with Crippen molar-refractivity contribution in [1.82, 2.24) is 9.88 Å². The summed E-state index contributed by atoms with van der Waals surface area (Å²) in [5, 5.41) is 0. The molecule has 1 amide bonds. The number of nitrogen functional groups attached to an aromatic ring is 1. The highest BCUT2D eigenvalue weighted by Gasteiger charge is 2.25. The van der Waals surface area contributed by atoms with Gasteiger partial charge in [0.2, 0.25) is 5.91 Å². The molecule has 4 heteroatoms. The molecule has 1 aromatic heterocycles. The third kappa shape index (κ3) is 3.00. The quantitative estimate of drug-likeness (QED) is 0.885. The number of aromatic nitrogens is 1. The van der Waals surface area contributed by atoms with Crippen molar-refractivity contribution in [3.63, 3.8) is 0 Å². The topological polar surface area (TPSA) is 59.2 Å². The number of hydrogen-bond donors (Lipinski definition) is 1. The summed E-state index contributed by atoms with van der Waals surface area (Å²) in [7, 11) is 0. The standard InChI is InChI=1S/C14H21N3O/c1-2-17(13-5-3-4-6-13)14(18)9-12-8-7-11(15)10-16-12/h7-8,10,13H,2-6,9,15H2,1H3. The highest BCUT2D eigenvalue weighted by atomic mass is 16.2. The molecule has 98 valence electrons. The Morgan fingerprint density at radius 3 is 2.72 bits per heavy atom. The molecule has 1 aromatic rings. The van der Waals surface area contributed by atoms with Crippen molar-refractivity contribution in [3.8, 4) is 0 Å². The average Bonchev–Trinajstić information content (AvgIpc) is 2.87. The summed E-state index contributed by atoms with van der Waals surface area (Å²) < 4.78 is 0. The number of pyridine rings is 1. The zero-order chi connectivity index (χ0) is 13.0. The first-order valence-corrected chi connectivity index (χ1v) is 6.70. The SMILES string of the molecule is CCN(C(=O)Cc1ccc(N)cn1)C1CCCC1. The number of amides is 1. The fraction of sp³-hybridized carbons (Fsp3) is 0.571. The minimum absolute atomic E-state index is 0.182. The zero-order valence-electron chi connectivity index (χ0n) is 10.9. The molecule has 1 aliphatic carbocycles. The molecule has 1 saturated carbocycles. The molecule has 18 heavy (non-hydrogen) atoms. The maximum atomic E-state index is 12.3. The van der Waals surface area contributed by atoms with Crippen LogP contribution >= 0.6 is 0 Å². The number of likely N-dealkylation sites (N-methyl/N-ethyl adjacent to an activating group) is 1. The van der Waals surface area contributed by atoms with Crippen LogP contribution in [-0.4, -0.2) is 28.4 Å². The minimum Gasteiger partial charge on any atom is -0.397 e. The maximum Gasteiger partial charge on any atom is 0.228 e. The third-order valence-electron chi connectivity index (χ3n) is 3.61. The minimum atomic E-state index is 0.182. The normalized spacial score (nSPS) is 15.8. The molecule has 0 aliphatic heterocycles. The Balaban J connectivity index is 1.98. The molecular weight excluding hydrogens is 226 g/mol. The maximum absolute atomic E-state index is 12.3. The van der Waals surface area contributed by atoms with Crippen molar-refractivity contribution in [3.05, 3.63) is 24.0 Å². The van der Waals surface area contributed by atoms with Gasteiger partial charge < -0.3 is 10.6 Å².